The zero-order chi connectivity index (χ0) is 15.6. The van der Waals surface area contributed by atoms with E-state index in [-0.39, 0.29) is 5.41 Å². The van der Waals surface area contributed by atoms with Crippen molar-refractivity contribution in [1.29, 1.82) is 0 Å². The first kappa shape index (κ1) is 17.3. The van der Waals surface area contributed by atoms with Crippen LogP contribution in [0.5, 0.6) is 0 Å². The van der Waals surface area contributed by atoms with Gasteiger partial charge in [0.1, 0.15) is 0 Å². The number of benzene rings is 1. The lowest BCUT2D eigenvalue weighted by molar-refractivity contribution is 0.284. The minimum atomic E-state index is 0.242. The fourth-order valence-electron chi connectivity index (χ4n) is 3.57. The molecule has 0 heterocycles. The Labute approximate surface area is 127 Å². The van der Waals surface area contributed by atoms with E-state index in [0.29, 0.717) is 10.8 Å². The fraction of sp³-hybridized carbons (Fsp3) is 0.700. The average Bonchev–Trinajstić information content (AvgIpc) is 2.26. The monoisotopic (exact) mass is 274 g/mol. The van der Waals surface area contributed by atoms with Crippen molar-refractivity contribution in [2.75, 3.05) is 0 Å². The van der Waals surface area contributed by atoms with Gasteiger partial charge in [0.25, 0.3) is 0 Å². The molecular weight excluding hydrogens is 240 g/mol. The smallest absolute Gasteiger partial charge is 0.00986 e. The summed E-state index contributed by atoms with van der Waals surface area (Å²) in [5.74, 6) is 0. The number of hydrogen-bond donors (Lipinski definition) is 0. The molecule has 1 aromatic rings. The second kappa shape index (κ2) is 5.92. The molecule has 20 heavy (non-hydrogen) atoms. The second-order valence-corrected chi connectivity index (χ2v) is 8.83. The summed E-state index contributed by atoms with van der Waals surface area (Å²) in [6, 6.07) is 9.38. The molecule has 0 aliphatic heterocycles. The van der Waals surface area contributed by atoms with Crippen LogP contribution in [0.2, 0.25) is 0 Å². The van der Waals surface area contributed by atoms with Crippen molar-refractivity contribution in [3.8, 4) is 0 Å². The molecule has 0 spiro atoms. The lowest BCUT2D eigenvalue weighted by Crippen LogP contribution is -2.25. The molecular formula is C20H34. The highest BCUT2D eigenvalue weighted by molar-refractivity contribution is 5.32. The molecule has 114 valence electrons. The van der Waals surface area contributed by atoms with E-state index in [0.717, 1.165) is 0 Å². The Hall–Kier alpha value is -0.780. The summed E-state index contributed by atoms with van der Waals surface area (Å²) in [6.07, 6.45) is 3.69. The van der Waals surface area contributed by atoms with Gasteiger partial charge in [0.2, 0.25) is 0 Å². The van der Waals surface area contributed by atoms with Gasteiger partial charge >= 0.3 is 0 Å². The van der Waals surface area contributed by atoms with E-state index in [1.165, 1.54) is 30.4 Å². The Bertz CT molecular complexity index is 412. The van der Waals surface area contributed by atoms with E-state index >= 15 is 0 Å². The molecule has 0 aromatic heterocycles. The minimum absolute atomic E-state index is 0.242. The van der Waals surface area contributed by atoms with E-state index in [4.69, 9.17) is 0 Å². The maximum Gasteiger partial charge on any atom is -0.00986 e. The van der Waals surface area contributed by atoms with Gasteiger partial charge in [-0.15, -0.1) is 0 Å². The Morgan fingerprint density at radius 2 is 1.10 bits per heavy atom. The Morgan fingerprint density at radius 3 is 1.45 bits per heavy atom. The van der Waals surface area contributed by atoms with Gasteiger partial charge in [0, 0.05) is 0 Å². The Balaban J connectivity index is 2.96. The second-order valence-electron chi connectivity index (χ2n) is 8.83. The summed E-state index contributed by atoms with van der Waals surface area (Å²) in [7, 11) is 0. The first-order valence-electron chi connectivity index (χ1n) is 8.09. The van der Waals surface area contributed by atoms with Crippen molar-refractivity contribution in [1.82, 2.24) is 0 Å². The third kappa shape index (κ3) is 4.65. The number of hydrogen-bond acceptors (Lipinski definition) is 0. The topological polar surface area (TPSA) is 0 Å². The zero-order valence-corrected chi connectivity index (χ0v) is 14.9. The normalized spacial score (nSPS) is 13.6. The molecule has 1 aromatic carbocycles. The highest BCUT2D eigenvalue weighted by Gasteiger charge is 2.27. The molecule has 0 N–H and O–H groups in total. The highest BCUT2D eigenvalue weighted by atomic mass is 14.3. The predicted octanol–water partition coefficient (Wildman–Crippen LogP) is 6.48. The quantitative estimate of drug-likeness (QED) is 0.576. The molecule has 0 aliphatic carbocycles. The van der Waals surface area contributed by atoms with Crippen LogP contribution in [0.4, 0.5) is 0 Å². The summed E-state index contributed by atoms with van der Waals surface area (Å²) < 4.78 is 0. The van der Waals surface area contributed by atoms with E-state index in [1.807, 2.05) is 0 Å². The maximum absolute atomic E-state index is 2.37. The van der Waals surface area contributed by atoms with Gasteiger partial charge in [0.05, 0.1) is 0 Å². The van der Waals surface area contributed by atoms with Crippen LogP contribution < -0.4 is 0 Å². The molecule has 0 amide bonds. The van der Waals surface area contributed by atoms with Crippen molar-refractivity contribution in [3.63, 3.8) is 0 Å². The third-order valence-corrected chi connectivity index (χ3v) is 4.30. The molecule has 0 saturated carbocycles. The van der Waals surface area contributed by atoms with Gasteiger partial charge in [-0.2, -0.15) is 0 Å². The van der Waals surface area contributed by atoms with Crippen LogP contribution in [0.15, 0.2) is 24.3 Å². The van der Waals surface area contributed by atoms with Crippen LogP contribution in [0.1, 0.15) is 85.8 Å². The SMILES string of the molecule is CCCC(C)(C)c1ccc(C(C)(C)CC(C)(C)C)cc1. The summed E-state index contributed by atoms with van der Waals surface area (Å²) in [4.78, 5) is 0. The first-order valence-corrected chi connectivity index (χ1v) is 8.09. The van der Waals surface area contributed by atoms with Gasteiger partial charge in [-0.3, -0.25) is 0 Å². The van der Waals surface area contributed by atoms with Crippen molar-refractivity contribution in [3.05, 3.63) is 35.4 Å². The van der Waals surface area contributed by atoms with E-state index in [2.05, 4.69) is 79.7 Å². The van der Waals surface area contributed by atoms with Crippen molar-refractivity contribution < 1.29 is 0 Å². The zero-order valence-electron chi connectivity index (χ0n) is 14.9. The van der Waals surface area contributed by atoms with Gasteiger partial charge in [-0.05, 0) is 40.2 Å². The molecule has 1 rings (SSSR count). The molecule has 0 atom stereocenters. The first-order chi connectivity index (χ1) is 8.98. The third-order valence-electron chi connectivity index (χ3n) is 4.30. The molecule has 0 unspecified atom stereocenters. The minimum Gasteiger partial charge on any atom is -0.0654 e. The number of rotatable bonds is 5. The van der Waals surface area contributed by atoms with Crippen LogP contribution in [0.3, 0.4) is 0 Å². The summed E-state index contributed by atoms with van der Waals surface area (Å²) >= 11 is 0. The Morgan fingerprint density at radius 1 is 0.700 bits per heavy atom. The molecule has 0 aliphatic rings. The van der Waals surface area contributed by atoms with E-state index in [9.17, 15) is 0 Å². The van der Waals surface area contributed by atoms with Crippen molar-refractivity contribution in [2.45, 2.75) is 85.5 Å². The summed E-state index contributed by atoms with van der Waals surface area (Å²) in [5, 5.41) is 0. The van der Waals surface area contributed by atoms with Crippen molar-refractivity contribution >= 4 is 0 Å². The Kier molecular flexibility index (Phi) is 5.11. The molecule has 0 radical (unpaired) electrons. The highest BCUT2D eigenvalue weighted by Crippen LogP contribution is 2.37. The van der Waals surface area contributed by atoms with Gasteiger partial charge in [0.15, 0.2) is 0 Å². The molecule has 0 saturated heterocycles. The maximum atomic E-state index is 2.37. The molecule has 0 nitrogen and oxygen atoms in total. The van der Waals surface area contributed by atoms with Crippen LogP contribution in [0.25, 0.3) is 0 Å². The summed E-state index contributed by atoms with van der Waals surface area (Å²) in [5.41, 5.74) is 3.83. The summed E-state index contributed by atoms with van der Waals surface area (Å²) in [6.45, 7) is 18.7. The molecule has 0 heteroatoms. The fourth-order valence-corrected chi connectivity index (χ4v) is 3.57. The van der Waals surface area contributed by atoms with E-state index < -0.39 is 0 Å². The largest absolute Gasteiger partial charge is 0.0654 e. The molecule has 0 fully saturated rings. The predicted molar refractivity (Wildman–Crippen MR) is 91.5 cm³/mol. The van der Waals surface area contributed by atoms with Crippen LogP contribution in [0, 0.1) is 5.41 Å². The van der Waals surface area contributed by atoms with Crippen molar-refractivity contribution in [2.24, 2.45) is 5.41 Å². The van der Waals surface area contributed by atoms with Gasteiger partial charge < -0.3 is 0 Å². The van der Waals surface area contributed by atoms with Gasteiger partial charge in [-0.1, -0.05) is 86.1 Å². The lowest BCUT2D eigenvalue weighted by atomic mass is 9.71. The van der Waals surface area contributed by atoms with Crippen LogP contribution >= 0.6 is 0 Å². The lowest BCUT2D eigenvalue weighted by Gasteiger charge is -2.33. The van der Waals surface area contributed by atoms with Crippen LogP contribution in [-0.2, 0) is 10.8 Å². The van der Waals surface area contributed by atoms with E-state index in [1.54, 1.807) is 0 Å². The average molecular weight is 274 g/mol. The van der Waals surface area contributed by atoms with Crippen LogP contribution in [-0.4, -0.2) is 0 Å². The molecule has 0 bridgehead atoms. The van der Waals surface area contributed by atoms with Gasteiger partial charge in [-0.25, -0.2) is 0 Å². The standard InChI is InChI=1S/C20H34/c1-9-14-19(5,6)16-10-12-17(13-11-16)20(7,8)15-18(2,3)4/h10-13H,9,14-15H2,1-8H3.